The van der Waals surface area contributed by atoms with E-state index in [1.807, 2.05) is 4.90 Å². The molecule has 0 unspecified atom stereocenters. The zero-order valence-corrected chi connectivity index (χ0v) is 21.2. The summed E-state index contributed by atoms with van der Waals surface area (Å²) in [4.78, 5) is 30.0. The van der Waals surface area contributed by atoms with E-state index in [1.165, 1.54) is 40.8 Å². The number of rotatable bonds is 7. The predicted molar refractivity (Wildman–Crippen MR) is 137 cm³/mol. The average molecular weight is 538 g/mol. The van der Waals surface area contributed by atoms with E-state index >= 15 is 8.78 Å². The number of imidazole rings is 1. The highest BCUT2D eigenvalue weighted by atomic mass is 19.2. The molecule has 3 N–H and O–H groups in total. The normalized spacial score (nSPS) is 13.5. The van der Waals surface area contributed by atoms with Gasteiger partial charge in [0.15, 0.2) is 29.1 Å². The molecular formula is C25H25F2N9O3. The van der Waals surface area contributed by atoms with E-state index in [0.717, 1.165) is 0 Å². The first-order chi connectivity index (χ1) is 18.7. The quantitative estimate of drug-likeness (QED) is 0.364. The van der Waals surface area contributed by atoms with Gasteiger partial charge in [-0.3, -0.25) is 14.3 Å². The van der Waals surface area contributed by atoms with Crippen LogP contribution in [-0.4, -0.2) is 67.6 Å². The number of carbonyl (C=O) groups is 2. The minimum absolute atomic E-state index is 0.0257. The van der Waals surface area contributed by atoms with E-state index in [0.29, 0.717) is 43.4 Å². The number of benzene rings is 1. The number of nitrogens with one attached hydrogen (secondary N) is 1. The Hall–Kier alpha value is -4.72. The van der Waals surface area contributed by atoms with Crippen LogP contribution in [0.2, 0.25) is 0 Å². The molecule has 5 rings (SSSR count). The van der Waals surface area contributed by atoms with Gasteiger partial charge < -0.3 is 25.3 Å². The Labute approximate surface area is 221 Å². The van der Waals surface area contributed by atoms with Crippen molar-refractivity contribution in [3.05, 3.63) is 59.8 Å². The lowest BCUT2D eigenvalue weighted by Crippen LogP contribution is -2.36. The van der Waals surface area contributed by atoms with Crippen LogP contribution in [0.1, 0.15) is 16.3 Å². The molecular weight excluding hydrogens is 512 g/mol. The van der Waals surface area contributed by atoms with Gasteiger partial charge in [-0.25, -0.2) is 13.8 Å². The zero-order chi connectivity index (χ0) is 27.7. The number of carbonyl (C=O) groups excluding carboxylic acids is 2. The molecule has 0 saturated carbocycles. The van der Waals surface area contributed by atoms with Crippen LogP contribution in [0.4, 0.5) is 20.4 Å². The summed E-state index contributed by atoms with van der Waals surface area (Å²) in [7, 11) is 1.48. The third-order valence-corrected chi connectivity index (χ3v) is 6.36. The van der Waals surface area contributed by atoms with Crippen LogP contribution in [0, 0.1) is 18.6 Å². The molecule has 1 aliphatic heterocycles. The van der Waals surface area contributed by atoms with Gasteiger partial charge in [0.2, 0.25) is 5.91 Å². The topological polar surface area (TPSA) is 146 Å². The van der Waals surface area contributed by atoms with Crippen molar-refractivity contribution in [3.63, 3.8) is 0 Å². The van der Waals surface area contributed by atoms with Crippen LogP contribution in [0.5, 0.6) is 0 Å². The standard InChI is InChI=1S/C25H25F2N9O3/c1-14-17(15-3-4-16(23(27)22(15)26)18-11-29-25(24(28)38)34(18)2)12-36(33-14)13-21(37)30-19-5-6-20(32-31-19)35-7-9-39-10-8-35/h3-6,11-12H,7-10,13H2,1-2H3,(H2,28,38)(H,30,31,37). The molecule has 1 aromatic carbocycles. The summed E-state index contributed by atoms with van der Waals surface area (Å²) in [5, 5.41) is 15.2. The van der Waals surface area contributed by atoms with Gasteiger partial charge in [-0.2, -0.15) is 5.10 Å². The second-order valence-corrected chi connectivity index (χ2v) is 8.93. The summed E-state index contributed by atoms with van der Waals surface area (Å²) in [5.74, 6) is -2.53. The molecule has 0 spiro atoms. The number of aryl methyl sites for hydroxylation is 1. The molecule has 39 heavy (non-hydrogen) atoms. The van der Waals surface area contributed by atoms with E-state index in [-0.39, 0.29) is 35.0 Å². The molecule has 12 nitrogen and oxygen atoms in total. The van der Waals surface area contributed by atoms with E-state index in [1.54, 1.807) is 19.1 Å². The lowest BCUT2D eigenvalue weighted by molar-refractivity contribution is -0.116. The number of nitrogens with two attached hydrogens (primary N) is 1. The lowest BCUT2D eigenvalue weighted by atomic mass is 10.0. The van der Waals surface area contributed by atoms with Crippen molar-refractivity contribution < 1.29 is 23.1 Å². The molecule has 2 amide bonds. The van der Waals surface area contributed by atoms with Crippen LogP contribution in [0.3, 0.4) is 0 Å². The minimum atomic E-state index is -1.12. The Morgan fingerprint density at radius 1 is 1.05 bits per heavy atom. The molecule has 0 bridgehead atoms. The predicted octanol–water partition coefficient (Wildman–Crippen LogP) is 1.90. The lowest BCUT2D eigenvalue weighted by Gasteiger charge is -2.27. The van der Waals surface area contributed by atoms with Crippen LogP contribution in [0.15, 0.2) is 36.7 Å². The van der Waals surface area contributed by atoms with Gasteiger partial charge in [0.1, 0.15) is 6.54 Å². The number of amides is 2. The van der Waals surface area contributed by atoms with Gasteiger partial charge in [-0.15, -0.1) is 10.2 Å². The Morgan fingerprint density at radius 3 is 2.44 bits per heavy atom. The molecule has 0 aliphatic carbocycles. The molecule has 0 radical (unpaired) electrons. The maximum atomic E-state index is 15.2. The van der Waals surface area contributed by atoms with Gasteiger partial charge in [-0.1, -0.05) is 6.07 Å². The van der Waals surface area contributed by atoms with Crippen molar-refractivity contribution in [2.24, 2.45) is 12.8 Å². The molecule has 1 saturated heterocycles. The van der Waals surface area contributed by atoms with Crippen LogP contribution in [0.25, 0.3) is 22.4 Å². The van der Waals surface area contributed by atoms with Crippen LogP contribution >= 0.6 is 0 Å². The van der Waals surface area contributed by atoms with Gasteiger partial charge in [0.05, 0.1) is 30.8 Å². The molecule has 14 heteroatoms. The highest BCUT2D eigenvalue weighted by Gasteiger charge is 2.22. The SMILES string of the molecule is Cc1nn(CC(=O)Nc2ccc(N3CCOCC3)nn2)cc1-c1ccc(-c2cnc(C(N)=O)n2C)c(F)c1F. The summed E-state index contributed by atoms with van der Waals surface area (Å²) < 4.78 is 38.3. The van der Waals surface area contributed by atoms with Crippen LogP contribution in [-0.2, 0) is 23.1 Å². The van der Waals surface area contributed by atoms with E-state index in [2.05, 4.69) is 25.6 Å². The fourth-order valence-corrected chi connectivity index (χ4v) is 4.39. The van der Waals surface area contributed by atoms with E-state index < -0.39 is 23.4 Å². The first-order valence-corrected chi connectivity index (χ1v) is 12.0. The number of morpholine rings is 1. The second-order valence-electron chi connectivity index (χ2n) is 8.93. The Balaban J connectivity index is 1.30. The smallest absolute Gasteiger partial charge is 0.284 e. The molecule has 1 fully saturated rings. The number of halogens is 2. The van der Waals surface area contributed by atoms with Crippen molar-refractivity contribution in [2.75, 3.05) is 36.5 Å². The third-order valence-electron chi connectivity index (χ3n) is 6.36. The molecule has 0 atom stereocenters. The van der Waals surface area contributed by atoms with Crippen molar-refractivity contribution in [3.8, 4) is 22.4 Å². The summed E-state index contributed by atoms with van der Waals surface area (Å²) in [6.45, 7) is 4.12. The van der Waals surface area contributed by atoms with E-state index in [9.17, 15) is 9.59 Å². The molecule has 4 aromatic rings. The van der Waals surface area contributed by atoms with Crippen molar-refractivity contribution in [2.45, 2.75) is 13.5 Å². The fraction of sp³-hybridized carbons (Fsp3) is 0.280. The highest BCUT2D eigenvalue weighted by molar-refractivity contribution is 5.90. The number of ether oxygens (including phenoxy) is 1. The first-order valence-electron chi connectivity index (χ1n) is 12.0. The Bertz CT molecular complexity index is 1540. The maximum Gasteiger partial charge on any atom is 0.284 e. The Kier molecular flexibility index (Phi) is 7.02. The second kappa shape index (κ2) is 10.6. The van der Waals surface area contributed by atoms with Crippen molar-refractivity contribution in [1.29, 1.82) is 0 Å². The van der Waals surface area contributed by atoms with Gasteiger partial charge in [0, 0.05) is 43.0 Å². The molecule has 3 aromatic heterocycles. The van der Waals surface area contributed by atoms with E-state index in [4.69, 9.17) is 10.5 Å². The molecule has 1 aliphatic rings. The van der Waals surface area contributed by atoms with Gasteiger partial charge >= 0.3 is 0 Å². The zero-order valence-electron chi connectivity index (χ0n) is 21.2. The maximum absolute atomic E-state index is 15.2. The third kappa shape index (κ3) is 5.18. The number of hydrogen-bond acceptors (Lipinski definition) is 8. The van der Waals surface area contributed by atoms with Crippen LogP contribution < -0.4 is 16.0 Å². The molecule has 202 valence electrons. The highest BCUT2D eigenvalue weighted by Crippen LogP contribution is 2.32. The summed E-state index contributed by atoms with van der Waals surface area (Å²) in [5.41, 5.74) is 6.08. The number of anilines is 2. The monoisotopic (exact) mass is 537 g/mol. The fourth-order valence-electron chi connectivity index (χ4n) is 4.39. The van der Waals surface area contributed by atoms with Gasteiger partial charge in [-0.05, 0) is 25.1 Å². The first kappa shape index (κ1) is 25.9. The van der Waals surface area contributed by atoms with Crippen molar-refractivity contribution in [1.82, 2.24) is 29.5 Å². The number of primary amides is 1. The molecule has 4 heterocycles. The minimum Gasteiger partial charge on any atom is -0.378 e. The average Bonchev–Trinajstić information content (AvgIpc) is 3.48. The number of nitrogens with zero attached hydrogens (tertiary/aromatic N) is 7. The number of aromatic nitrogens is 6. The Morgan fingerprint density at radius 2 is 1.77 bits per heavy atom. The largest absolute Gasteiger partial charge is 0.378 e. The van der Waals surface area contributed by atoms with Gasteiger partial charge in [0.25, 0.3) is 5.91 Å². The summed E-state index contributed by atoms with van der Waals surface area (Å²) in [6, 6.07) is 6.22. The summed E-state index contributed by atoms with van der Waals surface area (Å²) in [6.07, 6.45) is 2.72. The van der Waals surface area contributed by atoms with Crippen molar-refractivity contribution >= 4 is 23.5 Å². The number of hydrogen-bond donors (Lipinski definition) is 2. The summed E-state index contributed by atoms with van der Waals surface area (Å²) >= 11 is 0.